The first-order valence-corrected chi connectivity index (χ1v) is 15.9. The van der Waals surface area contributed by atoms with Gasteiger partial charge in [-0.2, -0.15) is 5.26 Å². The minimum atomic E-state index is 0.562. The lowest BCUT2D eigenvalue weighted by Gasteiger charge is -2.17. The second kappa shape index (κ2) is 10.9. The van der Waals surface area contributed by atoms with Crippen LogP contribution in [0.15, 0.2) is 158 Å². The molecule has 0 saturated heterocycles. The van der Waals surface area contributed by atoms with Crippen molar-refractivity contribution in [1.29, 1.82) is 5.26 Å². The lowest BCUT2D eigenvalue weighted by molar-refractivity contribution is 1.18. The van der Waals surface area contributed by atoms with Gasteiger partial charge in [0.05, 0.1) is 46.0 Å². The number of hydrogen-bond donors (Lipinski definition) is 0. The Morgan fingerprint density at radius 1 is 0.479 bits per heavy atom. The number of nitriles is 1. The number of fused-ring (bicyclic) bond motifs is 6. The summed E-state index contributed by atoms with van der Waals surface area (Å²) in [5, 5.41) is 15.2. The third-order valence-electron chi connectivity index (χ3n) is 9.41. The van der Waals surface area contributed by atoms with Crippen LogP contribution < -0.4 is 0 Å². The molecule has 7 aromatic carbocycles. The van der Waals surface area contributed by atoms with Crippen LogP contribution >= 0.6 is 0 Å². The van der Waals surface area contributed by atoms with Crippen LogP contribution in [0.5, 0.6) is 0 Å². The monoisotopic (exact) mass is 610 g/mol. The fourth-order valence-corrected chi connectivity index (χ4v) is 7.31. The molecule has 0 fully saturated rings. The van der Waals surface area contributed by atoms with E-state index in [9.17, 15) is 5.26 Å². The van der Waals surface area contributed by atoms with Gasteiger partial charge in [0.25, 0.3) is 0 Å². The van der Waals surface area contributed by atoms with Crippen LogP contribution in [0.3, 0.4) is 0 Å². The van der Waals surface area contributed by atoms with Crippen molar-refractivity contribution in [2.75, 3.05) is 0 Å². The summed E-state index contributed by atoms with van der Waals surface area (Å²) in [5.41, 5.74) is 11.0. The van der Waals surface area contributed by atoms with E-state index in [0.717, 1.165) is 55.7 Å². The number of nitrogens with zero attached hydrogens (tertiary/aromatic N) is 4. The molecule has 0 aliphatic heterocycles. The van der Waals surface area contributed by atoms with Crippen molar-refractivity contribution >= 4 is 49.3 Å². The largest absolute Gasteiger partial charge is 0.309 e. The van der Waals surface area contributed by atoms with E-state index >= 15 is 0 Å². The van der Waals surface area contributed by atoms with E-state index in [1.54, 1.807) is 0 Å². The van der Waals surface area contributed by atoms with Crippen LogP contribution in [0.4, 0.5) is 5.69 Å². The molecule has 0 unspecified atom stereocenters. The molecule has 9 aromatic rings. The molecule has 0 bridgehead atoms. The van der Waals surface area contributed by atoms with Crippen molar-refractivity contribution < 1.29 is 0 Å². The highest BCUT2D eigenvalue weighted by molar-refractivity contribution is 6.10. The van der Waals surface area contributed by atoms with Gasteiger partial charge >= 0.3 is 0 Å². The van der Waals surface area contributed by atoms with Crippen molar-refractivity contribution in [3.8, 4) is 39.7 Å². The van der Waals surface area contributed by atoms with Crippen molar-refractivity contribution in [2.24, 2.45) is 0 Å². The van der Waals surface area contributed by atoms with Crippen LogP contribution in [0.1, 0.15) is 5.56 Å². The van der Waals surface area contributed by atoms with Crippen molar-refractivity contribution in [3.05, 3.63) is 175 Å². The molecular weight excluding hydrogens is 585 g/mol. The van der Waals surface area contributed by atoms with Gasteiger partial charge < -0.3 is 9.13 Å². The standard InChI is InChI=1S/C44H26N4/c1-46-39-25-22-29(32-24-23-31(26-30(32)28-45)47-40-17-7-2-12-33(40)34-13-3-8-18-41(34)47)27-38(39)37-16-6-11-21-44(37)48-42-19-9-4-14-35(42)36-15-5-10-20-43(36)48/h2-27H. The molecule has 9 rings (SSSR count). The molecule has 0 atom stereocenters. The van der Waals surface area contributed by atoms with Gasteiger partial charge in [-0.25, -0.2) is 4.85 Å². The van der Waals surface area contributed by atoms with Crippen LogP contribution in [0.2, 0.25) is 0 Å². The zero-order chi connectivity index (χ0) is 32.2. The summed E-state index contributed by atoms with van der Waals surface area (Å²) in [7, 11) is 0. The highest BCUT2D eigenvalue weighted by Gasteiger charge is 2.19. The summed E-state index contributed by atoms with van der Waals surface area (Å²) in [6.07, 6.45) is 0. The van der Waals surface area contributed by atoms with E-state index in [4.69, 9.17) is 6.57 Å². The normalized spacial score (nSPS) is 11.3. The Bertz CT molecular complexity index is 2710. The molecule has 48 heavy (non-hydrogen) atoms. The molecule has 0 N–H and O–H groups in total. The van der Waals surface area contributed by atoms with Crippen LogP contribution in [0, 0.1) is 17.9 Å². The van der Waals surface area contributed by atoms with E-state index in [0.29, 0.717) is 11.3 Å². The Morgan fingerprint density at radius 2 is 1.00 bits per heavy atom. The average Bonchev–Trinajstić information content (AvgIpc) is 3.67. The van der Waals surface area contributed by atoms with Gasteiger partial charge in [0, 0.05) is 27.2 Å². The zero-order valence-electron chi connectivity index (χ0n) is 25.8. The first-order valence-electron chi connectivity index (χ1n) is 15.9. The maximum absolute atomic E-state index is 10.5. The Hall–Kier alpha value is -6.88. The van der Waals surface area contributed by atoms with E-state index in [1.807, 2.05) is 36.4 Å². The lowest BCUT2D eigenvalue weighted by Crippen LogP contribution is -1.98. The summed E-state index contributed by atoms with van der Waals surface area (Å²) in [6.45, 7) is 8.10. The smallest absolute Gasteiger partial charge is 0.195 e. The molecule has 0 saturated carbocycles. The molecule has 0 amide bonds. The number of aromatic nitrogens is 2. The summed E-state index contributed by atoms with van der Waals surface area (Å²) in [6, 6.07) is 56.4. The fraction of sp³-hybridized carbons (Fsp3) is 0. The van der Waals surface area contributed by atoms with Gasteiger partial charge in [0.15, 0.2) is 5.69 Å². The summed E-state index contributed by atoms with van der Waals surface area (Å²) >= 11 is 0. The second-order valence-corrected chi connectivity index (χ2v) is 11.9. The molecule has 0 aliphatic carbocycles. The molecule has 0 aliphatic rings. The minimum absolute atomic E-state index is 0.562. The summed E-state index contributed by atoms with van der Waals surface area (Å²) in [5.74, 6) is 0. The summed E-state index contributed by atoms with van der Waals surface area (Å²) in [4.78, 5) is 3.95. The minimum Gasteiger partial charge on any atom is -0.309 e. The fourth-order valence-electron chi connectivity index (χ4n) is 7.31. The third kappa shape index (κ3) is 4.07. The van der Waals surface area contributed by atoms with E-state index in [1.165, 1.54) is 21.5 Å². The number of para-hydroxylation sites is 5. The second-order valence-electron chi connectivity index (χ2n) is 11.9. The SMILES string of the molecule is [C-]#[N+]c1ccc(-c2ccc(-n3c4ccccc4c4ccccc43)cc2C#N)cc1-c1ccccc1-n1c2ccccc2c2ccccc21. The quantitative estimate of drug-likeness (QED) is 0.183. The number of hydrogen-bond acceptors (Lipinski definition) is 1. The maximum atomic E-state index is 10.5. The molecule has 222 valence electrons. The van der Waals surface area contributed by atoms with E-state index in [2.05, 4.69) is 141 Å². The molecule has 2 aromatic heterocycles. The van der Waals surface area contributed by atoms with Crippen LogP contribution in [0.25, 0.3) is 82.1 Å². The van der Waals surface area contributed by atoms with E-state index in [-0.39, 0.29) is 0 Å². The van der Waals surface area contributed by atoms with Crippen molar-refractivity contribution in [1.82, 2.24) is 9.13 Å². The molecule has 4 heteroatoms. The number of rotatable bonds is 4. The number of benzene rings is 7. The van der Waals surface area contributed by atoms with Gasteiger partial charge in [0.1, 0.15) is 0 Å². The summed E-state index contributed by atoms with van der Waals surface area (Å²) < 4.78 is 4.52. The van der Waals surface area contributed by atoms with Gasteiger partial charge in [-0.1, -0.05) is 115 Å². The Morgan fingerprint density at radius 3 is 1.56 bits per heavy atom. The van der Waals surface area contributed by atoms with E-state index < -0.39 is 0 Å². The Kier molecular flexibility index (Phi) is 6.22. The molecule has 4 nitrogen and oxygen atoms in total. The lowest BCUT2D eigenvalue weighted by atomic mass is 9.94. The van der Waals surface area contributed by atoms with Crippen molar-refractivity contribution in [2.45, 2.75) is 0 Å². The molecular formula is C44H26N4. The van der Waals surface area contributed by atoms with Gasteiger partial charge in [-0.05, 0) is 64.7 Å². The Labute approximate surface area is 277 Å². The first kappa shape index (κ1) is 27.4. The average molecular weight is 611 g/mol. The van der Waals surface area contributed by atoms with Crippen molar-refractivity contribution in [3.63, 3.8) is 0 Å². The Balaban J connectivity index is 1.23. The van der Waals surface area contributed by atoms with Gasteiger partial charge in [-0.15, -0.1) is 0 Å². The molecule has 0 radical (unpaired) electrons. The first-order chi connectivity index (χ1) is 23.7. The van der Waals surface area contributed by atoms with Crippen LogP contribution in [-0.2, 0) is 0 Å². The highest BCUT2D eigenvalue weighted by Crippen LogP contribution is 2.42. The van der Waals surface area contributed by atoms with Crippen LogP contribution in [-0.4, -0.2) is 9.13 Å². The maximum Gasteiger partial charge on any atom is 0.195 e. The van der Waals surface area contributed by atoms with Gasteiger partial charge in [-0.3, -0.25) is 0 Å². The topological polar surface area (TPSA) is 38.0 Å². The predicted molar refractivity (Wildman–Crippen MR) is 197 cm³/mol. The molecule has 2 heterocycles. The zero-order valence-corrected chi connectivity index (χ0v) is 25.8. The van der Waals surface area contributed by atoms with Gasteiger partial charge in [0.2, 0.25) is 0 Å². The predicted octanol–water partition coefficient (Wildman–Crippen LogP) is 11.6. The molecule has 0 spiro atoms. The third-order valence-corrected chi connectivity index (χ3v) is 9.41. The highest BCUT2D eigenvalue weighted by atomic mass is 15.0.